The second-order valence-corrected chi connectivity index (χ2v) is 6.87. The predicted octanol–water partition coefficient (Wildman–Crippen LogP) is 4.87. The van der Waals surface area contributed by atoms with E-state index in [0.29, 0.717) is 12.5 Å². The van der Waals surface area contributed by atoms with Crippen LogP contribution in [-0.2, 0) is 13.2 Å². The van der Waals surface area contributed by atoms with E-state index in [1.165, 1.54) is 20.9 Å². The molecular formula is C18H25NOS. The second kappa shape index (κ2) is 7.62. The van der Waals surface area contributed by atoms with Crippen LogP contribution >= 0.6 is 11.3 Å². The maximum atomic E-state index is 6.02. The molecule has 0 amide bonds. The molecule has 0 saturated heterocycles. The average molecular weight is 303 g/mol. The zero-order chi connectivity index (χ0) is 15.2. The van der Waals surface area contributed by atoms with Crippen molar-refractivity contribution >= 4 is 11.3 Å². The van der Waals surface area contributed by atoms with Crippen molar-refractivity contribution in [1.29, 1.82) is 0 Å². The minimum absolute atomic E-state index is 0.529. The standard InChI is InChI=1S/C18H25NOS/c1-5-19-11-16-8-9-17(21-16)12-20-18-10-15(13(2)3)7-6-14(18)4/h6-10,13,19H,5,11-12H2,1-4H3. The van der Waals surface area contributed by atoms with Gasteiger partial charge >= 0.3 is 0 Å². The van der Waals surface area contributed by atoms with Gasteiger partial charge in [-0.1, -0.05) is 32.9 Å². The van der Waals surface area contributed by atoms with Gasteiger partial charge in [0.25, 0.3) is 0 Å². The number of benzene rings is 1. The van der Waals surface area contributed by atoms with E-state index in [1.54, 1.807) is 0 Å². The Balaban J connectivity index is 1.99. The van der Waals surface area contributed by atoms with Crippen LogP contribution in [0.1, 0.15) is 47.6 Å². The van der Waals surface area contributed by atoms with Gasteiger partial charge in [0.2, 0.25) is 0 Å². The molecule has 2 rings (SSSR count). The molecule has 0 fully saturated rings. The van der Waals surface area contributed by atoms with Gasteiger partial charge in [-0.15, -0.1) is 11.3 Å². The molecule has 0 unspecified atom stereocenters. The molecular weight excluding hydrogens is 278 g/mol. The van der Waals surface area contributed by atoms with E-state index in [0.717, 1.165) is 18.8 Å². The van der Waals surface area contributed by atoms with Crippen LogP contribution in [0.5, 0.6) is 5.75 Å². The summed E-state index contributed by atoms with van der Waals surface area (Å²) in [5.74, 6) is 1.53. The molecule has 2 nitrogen and oxygen atoms in total. The molecule has 0 spiro atoms. The van der Waals surface area contributed by atoms with Crippen molar-refractivity contribution in [3.05, 3.63) is 51.2 Å². The zero-order valence-electron chi connectivity index (χ0n) is 13.4. The Morgan fingerprint density at radius 3 is 2.62 bits per heavy atom. The maximum Gasteiger partial charge on any atom is 0.123 e. The SMILES string of the molecule is CCNCc1ccc(COc2cc(C(C)C)ccc2C)s1. The van der Waals surface area contributed by atoms with Crippen LogP contribution in [0.4, 0.5) is 0 Å². The summed E-state index contributed by atoms with van der Waals surface area (Å²) >= 11 is 1.82. The van der Waals surface area contributed by atoms with E-state index in [2.05, 4.69) is 63.3 Å². The Bertz CT molecular complexity index is 574. The van der Waals surface area contributed by atoms with Gasteiger partial charge in [-0.2, -0.15) is 0 Å². The lowest BCUT2D eigenvalue weighted by Crippen LogP contribution is -2.10. The summed E-state index contributed by atoms with van der Waals surface area (Å²) in [6.45, 7) is 11.3. The van der Waals surface area contributed by atoms with E-state index in [1.807, 2.05) is 11.3 Å². The molecule has 3 heteroatoms. The smallest absolute Gasteiger partial charge is 0.123 e. The Labute approximate surface area is 132 Å². The van der Waals surface area contributed by atoms with Gasteiger partial charge in [0.15, 0.2) is 0 Å². The van der Waals surface area contributed by atoms with E-state index >= 15 is 0 Å². The number of ether oxygens (including phenoxy) is 1. The van der Waals surface area contributed by atoms with Crippen molar-refractivity contribution in [3.8, 4) is 5.75 Å². The largest absolute Gasteiger partial charge is 0.488 e. The molecule has 0 aliphatic carbocycles. The fourth-order valence-corrected chi connectivity index (χ4v) is 3.02. The van der Waals surface area contributed by atoms with Crippen molar-refractivity contribution in [2.75, 3.05) is 6.54 Å². The second-order valence-electron chi connectivity index (χ2n) is 5.62. The van der Waals surface area contributed by atoms with Crippen LogP contribution in [0.2, 0.25) is 0 Å². The molecule has 2 aromatic rings. The Hall–Kier alpha value is -1.32. The molecule has 0 saturated carbocycles. The van der Waals surface area contributed by atoms with Crippen molar-refractivity contribution in [2.45, 2.75) is 46.8 Å². The highest BCUT2D eigenvalue weighted by molar-refractivity contribution is 7.11. The molecule has 114 valence electrons. The summed E-state index contributed by atoms with van der Waals surface area (Å²) in [5, 5.41) is 3.35. The molecule has 1 aromatic carbocycles. The van der Waals surface area contributed by atoms with E-state index in [-0.39, 0.29) is 0 Å². The lowest BCUT2D eigenvalue weighted by molar-refractivity contribution is 0.307. The fourth-order valence-electron chi connectivity index (χ4n) is 2.12. The summed E-state index contributed by atoms with van der Waals surface area (Å²) in [6.07, 6.45) is 0. The molecule has 21 heavy (non-hydrogen) atoms. The molecule has 1 aromatic heterocycles. The van der Waals surface area contributed by atoms with Gasteiger partial charge < -0.3 is 10.1 Å². The fraction of sp³-hybridized carbons (Fsp3) is 0.444. The van der Waals surface area contributed by atoms with Gasteiger partial charge in [0.1, 0.15) is 12.4 Å². The highest BCUT2D eigenvalue weighted by atomic mass is 32.1. The molecule has 0 bridgehead atoms. The van der Waals surface area contributed by atoms with Crippen LogP contribution in [0.25, 0.3) is 0 Å². The third-order valence-electron chi connectivity index (χ3n) is 3.52. The summed E-state index contributed by atoms with van der Waals surface area (Å²) in [6, 6.07) is 10.9. The number of thiophene rings is 1. The lowest BCUT2D eigenvalue weighted by atomic mass is 10.0. The van der Waals surface area contributed by atoms with Crippen molar-refractivity contribution in [3.63, 3.8) is 0 Å². The minimum atomic E-state index is 0.529. The highest BCUT2D eigenvalue weighted by Crippen LogP contribution is 2.26. The third kappa shape index (κ3) is 4.58. The first kappa shape index (κ1) is 16.1. The summed E-state index contributed by atoms with van der Waals surface area (Å²) < 4.78 is 6.02. The molecule has 0 radical (unpaired) electrons. The monoisotopic (exact) mass is 303 g/mol. The topological polar surface area (TPSA) is 21.3 Å². The van der Waals surface area contributed by atoms with E-state index in [9.17, 15) is 0 Å². The van der Waals surface area contributed by atoms with Gasteiger partial charge in [-0.25, -0.2) is 0 Å². The van der Waals surface area contributed by atoms with Crippen molar-refractivity contribution < 1.29 is 4.74 Å². The molecule has 0 atom stereocenters. The van der Waals surface area contributed by atoms with Crippen LogP contribution < -0.4 is 10.1 Å². The highest BCUT2D eigenvalue weighted by Gasteiger charge is 2.06. The number of hydrogen-bond donors (Lipinski definition) is 1. The van der Waals surface area contributed by atoms with Gasteiger partial charge in [-0.3, -0.25) is 0 Å². The summed E-state index contributed by atoms with van der Waals surface area (Å²) in [5.41, 5.74) is 2.53. The average Bonchev–Trinajstić information content (AvgIpc) is 2.92. The maximum absolute atomic E-state index is 6.02. The molecule has 0 aliphatic heterocycles. The van der Waals surface area contributed by atoms with Crippen LogP contribution in [0.15, 0.2) is 30.3 Å². The van der Waals surface area contributed by atoms with Gasteiger partial charge in [0, 0.05) is 16.3 Å². The van der Waals surface area contributed by atoms with E-state index in [4.69, 9.17) is 4.74 Å². The van der Waals surface area contributed by atoms with E-state index < -0.39 is 0 Å². The summed E-state index contributed by atoms with van der Waals surface area (Å²) in [4.78, 5) is 2.64. The quantitative estimate of drug-likeness (QED) is 0.788. The van der Waals surface area contributed by atoms with Crippen LogP contribution in [0, 0.1) is 6.92 Å². The normalized spacial score (nSPS) is 11.1. The van der Waals surface area contributed by atoms with Crippen molar-refractivity contribution in [2.24, 2.45) is 0 Å². The van der Waals surface area contributed by atoms with Gasteiger partial charge in [-0.05, 0) is 48.7 Å². The number of aryl methyl sites for hydroxylation is 1. The Morgan fingerprint density at radius 2 is 1.90 bits per heavy atom. The zero-order valence-corrected chi connectivity index (χ0v) is 14.2. The first-order valence-corrected chi connectivity index (χ1v) is 8.43. The van der Waals surface area contributed by atoms with Crippen LogP contribution in [0.3, 0.4) is 0 Å². The minimum Gasteiger partial charge on any atom is -0.488 e. The molecule has 1 heterocycles. The number of rotatable bonds is 7. The first-order chi connectivity index (χ1) is 10.1. The molecule has 0 aliphatic rings. The van der Waals surface area contributed by atoms with Crippen LogP contribution in [-0.4, -0.2) is 6.54 Å². The third-order valence-corrected chi connectivity index (χ3v) is 4.57. The predicted molar refractivity (Wildman–Crippen MR) is 91.3 cm³/mol. The lowest BCUT2D eigenvalue weighted by Gasteiger charge is -2.12. The first-order valence-electron chi connectivity index (χ1n) is 7.61. The van der Waals surface area contributed by atoms with Crippen molar-refractivity contribution in [1.82, 2.24) is 5.32 Å². The Morgan fingerprint density at radius 1 is 1.14 bits per heavy atom. The number of nitrogens with one attached hydrogen (secondary N) is 1. The van der Waals surface area contributed by atoms with Gasteiger partial charge in [0.05, 0.1) is 0 Å². The Kier molecular flexibility index (Phi) is 5.83. The molecule has 1 N–H and O–H groups in total. The number of hydrogen-bond acceptors (Lipinski definition) is 3. The summed E-state index contributed by atoms with van der Waals surface area (Å²) in [7, 11) is 0.